The summed E-state index contributed by atoms with van der Waals surface area (Å²) in [6, 6.07) is -0.00463. The predicted octanol–water partition coefficient (Wildman–Crippen LogP) is 2.37. The van der Waals surface area contributed by atoms with Crippen LogP contribution in [0.4, 0.5) is 0 Å². The first-order valence-electron chi connectivity index (χ1n) is 7.72. The van der Waals surface area contributed by atoms with E-state index in [1.807, 2.05) is 0 Å². The van der Waals surface area contributed by atoms with Crippen LogP contribution in [0.2, 0.25) is 0 Å². The number of amides is 1. The van der Waals surface area contributed by atoms with E-state index >= 15 is 0 Å². The second-order valence-corrected chi connectivity index (χ2v) is 8.18. The Labute approximate surface area is 151 Å². The molecule has 0 aromatic heterocycles. The molecule has 2 aliphatic heterocycles. The van der Waals surface area contributed by atoms with Crippen LogP contribution >= 0.6 is 36.6 Å². The molecule has 2 saturated heterocycles. The van der Waals surface area contributed by atoms with Gasteiger partial charge in [-0.15, -0.1) is 36.6 Å². The number of carbonyl (C=O) groups is 1. The van der Waals surface area contributed by atoms with Gasteiger partial charge in [0.1, 0.15) is 0 Å². The highest BCUT2D eigenvalue weighted by Crippen LogP contribution is 2.26. The Kier molecular flexibility index (Phi) is 9.72. The lowest BCUT2D eigenvalue weighted by Gasteiger charge is -2.45. The Bertz CT molecular complexity index is 342. The summed E-state index contributed by atoms with van der Waals surface area (Å²) < 4.78 is 0. The predicted molar refractivity (Wildman–Crippen MR) is 100 cm³/mol. The summed E-state index contributed by atoms with van der Waals surface area (Å²) in [5.41, 5.74) is 0.0321. The van der Waals surface area contributed by atoms with Gasteiger partial charge in [-0.25, -0.2) is 0 Å². The van der Waals surface area contributed by atoms with Gasteiger partial charge in [0.25, 0.3) is 0 Å². The highest BCUT2D eigenvalue weighted by Gasteiger charge is 2.33. The molecule has 0 aliphatic carbocycles. The largest absolute Gasteiger partial charge is 0.353 e. The van der Waals surface area contributed by atoms with Gasteiger partial charge in [0.15, 0.2) is 0 Å². The van der Waals surface area contributed by atoms with E-state index in [-0.39, 0.29) is 42.3 Å². The molecule has 0 spiro atoms. The van der Waals surface area contributed by atoms with Gasteiger partial charge in [-0.05, 0) is 32.1 Å². The Morgan fingerprint density at radius 3 is 2.36 bits per heavy atom. The average Bonchev–Trinajstić information content (AvgIpc) is 2.88. The lowest BCUT2D eigenvalue weighted by atomic mass is 9.88. The number of rotatable bonds is 4. The van der Waals surface area contributed by atoms with Gasteiger partial charge >= 0.3 is 0 Å². The Hall–Kier alpha value is 0.320. The first kappa shape index (κ1) is 22.3. The molecule has 4 nitrogen and oxygen atoms in total. The molecule has 1 amide bonds. The number of nitrogens with zero attached hydrogens (tertiary/aromatic N) is 1. The monoisotopic (exact) mass is 371 g/mol. The van der Waals surface area contributed by atoms with Gasteiger partial charge in [0, 0.05) is 36.8 Å². The minimum atomic E-state index is -0.00463. The highest BCUT2D eigenvalue weighted by atomic mass is 35.5. The molecule has 0 bridgehead atoms. The normalized spacial score (nSPS) is 29.4. The number of carbonyl (C=O) groups excluding carboxylic acids is 1. The van der Waals surface area contributed by atoms with E-state index in [1.54, 1.807) is 11.8 Å². The number of hydrogen-bond acceptors (Lipinski definition) is 4. The summed E-state index contributed by atoms with van der Waals surface area (Å²) in [6.45, 7) is 12.2. The average molecular weight is 372 g/mol. The molecule has 0 aromatic carbocycles. The minimum Gasteiger partial charge on any atom is -0.353 e. The zero-order valence-corrected chi connectivity index (χ0v) is 16.5. The summed E-state index contributed by atoms with van der Waals surface area (Å²) in [5, 5.41) is 6.36. The molecule has 0 aromatic rings. The molecule has 2 N–H and O–H groups in total. The van der Waals surface area contributed by atoms with Crippen molar-refractivity contribution >= 4 is 42.5 Å². The molecule has 0 saturated carbocycles. The highest BCUT2D eigenvalue weighted by molar-refractivity contribution is 7.99. The minimum absolute atomic E-state index is 0. The quantitative estimate of drug-likeness (QED) is 0.795. The zero-order valence-electron chi connectivity index (χ0n) is 14.1. The van der Waals surface area contributed by atoms with Gasteiger partial charge in [-0.2, -0.15) is 0 Å². The maximum Gasteiger partial charge on any atom is 0.238 e. The molecule has 3 unspecified atom stereocenters. The molecular formula is C15H31Cl2N3OS. The fourth-order valence-corrected chi connectivity index (χ4v) is 4.20. The van der Waals surface area contributed by atoms with Gasteiger partial charge in [-0.3, -0.25) is 15.0 Å². The first-order valence-corrected chi connectivity index (χ1v) is 8.88. The number of piperidine rings is 1. The van der Waals surface area contributed by atoms with E-state index < -0.39 is 0 Å². The molecule has 0 radical (unpaired) electrons. The standard InChI is InChI=1S/C15H29N3OS.2ClH/c1-11-5-12(2)7-18(6-11)15(3,4)9-16-14(19)13-8-20-10-17-13;;/h11-13,17H,5-10H2,1-4H3,(H,16,19);2*1H. The molecule has 132 valence electrons. The third-order valence-electron chi connectivity index (χ3n) is 4.45. The maximum absolute atomic E-state index is 12.1. The summed E-state index contributed by atoms with van der Waals surface area (Å²) in [4.78, 5) is 14.6. The molecule has 22 heavy (non-hydrogen) atoms. The molecule has 3 atom stereocenters. The second-order valence-electron chi connectivity index (χ2n) is 7.15. The topological polar surface area (TPSA) is 44.4 Å². The summed E-state index contributed by atoms with van der Waals surface area (Å²) in [6.07, 6.45) is 1.32. The smallest absolute Gasteiger partial charge is 0.238 e. The van der Waals surface area contributed by atoms with Crippen LogP contribution in [0.5, 0.6) is 0 Å². The van der Waals surface area contributed by atoms with Crippen molar-refractivity contribution < 1.29 is 4.79 Å². The second kappa shape index (κ2) is 9.58. The Balaban J connectivity index is 0.00000220. The lowest BCUT2D eigenvalue weighted by molar-refractivity contribution is -0.123. The van der Waals surface area contributed by atoms with Crippen molar-refractivity contribution in [2.24, 2.45) is 11.8 Å². The van der Waals surface area contributed by atoms with E-state index in [4.69, 9.17) is 0 Å². The fourth-order valence-electron chi connectivity index (χ4n) is 3.26. The molecule has 2 fully saturated rings. The van der Waals surface area contributed by atoms with E-state index in [9.17, 15) is 4.79 Å². The molecule has 2 rings (SSSR count). The van der Waals surface area contributed by atoms with Crippen molar-refractivity contribution in [2.75, 3.05) is 31.3 Å². The number of hydrogen-bond donors (Lipinski definition) is 2. The number of thioether (sulfide) groups is 1. The third-order valence-corrected chi connectivity index (χ3v) is 5.39. The van der Waals surface area contributed by atoms with Crippen molar-refractivity contribution in [3.05, 3.63) is 0 Å². The van der Waals surface area contributed by atoms with Crippen LogP contribution < -0.4 is 10.6 Å². The van der Waals surface area contributed by atoms with Crippen LogP contribution in [0.1, 0.15) is 34.1 Å². The Morgan fingerprint density at radius 2 is 1.86 bits per heavy atom. The Morgan fingerprint density at radius 1 is 1.27 bits per heavy atom. The molecular weight excluding hydrogens is 341 g/mol. The molecule has 2 aliphatic rings. The van der Waals surface area contributed by atoms with Gasteiger partial charge in [0.2, 0.25) is 5.91 Å². The SMILES string of the molecule is CC1CC(C)CN(C(C)(C)CNC(=O)C2CSCN2)C1.Cl.Cl. The number of nitrogens with one attached hydrogen (secondary N) is 2. The van der Waals surface area contributed by atoms with Crippen molar-refractivity contribution in [3.63, 3.8) is 0 Å². The van der Waals surface area contributed by atoms with Gasteiger partial charge < -0.3 is 5.32 Å². The number of likely N-dealkylation sites (tertiary alicyclic amines) is 1. The maximum atomic E-state index is 12.1. The van der Waals surface area contributed by atoms with Crippen molar-refractivity contribution in [1.29, 1.82) is 0 Å². The zero-order chi connectivity index (χ0) is 14.8. The van der Waals surface area contributed by atoms with Crippen LogP contribution in [-0.4, -0.2) is 53.7 Å². The van der Waals surface area contributed by atoms with Crippen molar-refractivity contribution in [3.8, 4) is 0 Å². The van der Waals surface area contributed by atoms with Gasteiger partial charge in [0.05, 0.1) is 6.04 Å². The van der Waals surface area contributed by atoms with Crippen molar-refractivity contribution in [1.82, 2.24) is 15.5 Å². The van der Waals surface area contributed by atoms with E-state index in [0.29, 0.717) is 0 Å². The van der Waals surface area contributed by atoms with Crippen LogP contribution in [0.25, 0.3) is 0 Å². The van der Waals surface area contributed by atoms with E-state index in [1.165, 1.54) is 6.42 Å². The van der Waals surface area contributed by atoms with E-state index in [0.717, 1.165) is 43.1 Å². The van der Waals surface area contributed by atoms with E-state index in [2.05, 4.69) is 43.2 Å². The van der Waals surface area contributed by atoms with Crippen LogP contribution in [0.15, 0.2) is 0 Å². The fraction of sp³-hybridized carbons (Fsp3) is 0.933. The lowest BCUT2D eigenvalue weighted by Crippen LogP contribution is -2.57. The van der Waals surface area contributed by atoms with Crippen LogP contribution in [-0.2, 0) is 4.79 Å². The van der Waals surface area contributed by atoms with Crippen LogP contribution in [0.3, 0.4) is 0 Å². The van der Waals surface area contributed by atoms with Crippen molar-refractivity contribution in [2.45, 2.75) is 45.7 Å². The summed E-state index contributed by atoms with van der Waals surface area (Å²) >= 11 is 1.79. The number of halogens is 2. The van der Waals surface area contributed by atoms with Crippen LogP contribution in [0, 0.1) is 11.8 Å². The third kappa shape index (κ3) is 6.08. The molecule has 7 heteroatoms. The summed E-state index contributed by atoms with van der Waals surface area (Å²) in [7, 11) is 0. The molecule has 2 heterocycles. The first-order chi connectivity index (χ1) is 9.38. The summed E-state index contributed by atoms with van der Waals surface area (Å²) in [5.74, 6) is 3.44. The van der Waals surface area contributed by atoms with Gasteiger partial charge in [-0.1, -0.05) is 13.8 Å².